The van der Waals surface area contributed by atoms with Crippen molar-refractivity contribution in [3.63, 3.8) is 0 Å². The first-order valence-electron chi connectivity index (χ1n) is 5.87. The van der Waals surface area contributed by atoms with Crippen LogP contribution in [0.15, 0.2) is 4.90 Å². The molecule has 9 heteroatoms. The Labute approximate surface area is 110 Å². The molecular weight excluding hydrogens is 272 g/mol. The highest BCUT2D eigenvalue weighted by Gasteiger charge is 2.26. The van der Waals surface area contributed by atoms with Gasteiger partial charge in [0.25, 0.3) is 5.91 Å². The molecule has 1 atom stereocenters. The van der Waals surface area contributed by atoms with E-state index in [9.17, 15) is 13.2 Å². The van der Waals surface area contributed by atoms with Gasteiger partial charge in [0.05, 0.1) is 11.8 Å². The molecule has 0 bridgehead atoms. The number of aryl methyl sites for hydroxylation is 1. The monoisotopic (exact) mass is 288 g/mol. The largest absolute Gasteiger partial charge is 0.376 e. The summed E-state index contributed by atoms with van der Waals surface area (Å²) in [6.45, 7) is 2.50. The van der Waals surface area contributed by atoms with Crippen LogP contribution in [-0.2, 0) is 14.8 Å². The predicted molar refractivity (Wildman–Crippen MR) is 66.0 cm³/mol. The van der Waals surface area contributed by atoms with Crippen molar-refractivity contribution in [2.24, 2.45) is 5.14 Å². The van der Waals surface area contributed by atoms with E-state index in [2.05, 4.69) is 15.5 Å². The summed E-state index contributed by atoms with van der Waals surface area (Å²) in [5.74, 6) is -0.580. The SMILES string of the molecule is Cc1[nH]nc(C(=O)NCC2CCCO2)c1S(N)(=O)=O. The molecule has 8 nitrogen and oxygen atoms in total. The molecule has 2 rings (SSSR count). The summed E-state index contributed by atoms with van der Waals surface area (Å²) in [5.41, 5.74) is 0.0303. The molecule has 0 saturated carbocycles. The van der Waals surface area contributed by atoms with Gasteiger partial charge in [0.1, 0.15) is 4.90 Å². The number of aromatic amines is 1. The second kappa shape index (κ2) is 5.27. The number of nitrogens with zero attached hydrogens (tertiary/aromatic N) is 1. The summed E-state index contributed by atoms with van der Waals surface area (Å²) in [7, 11) is -3.99. The van der Waals surface area contributed by atoms with Crippen LogP contribution in [0.5, 0.6) is 0 Å². The van der Waals surface area contributed by atoms with Crippen LogP contribution in [0.3, 0.4) is 0 Å². The fraction of sp³-hybridized carbons (Fsp3) is 0.600. The Kier molecular flexibility index (Phi) is 3.88. The lowest BCUT2D eigenvalue weighted by molar-refractivity contribution is 0.0851. The molecule has 0 aliphatic carbocycles. The first-order valence-corrected chi connectivity index (χ1v) is 7.42. The molecule has 1 amide bonds. The van der Waals surface area contributed by atoms with Crippen LogP contribution in [-0.4, -0.2) is 43.8 Å². The highest BCUT2D eigenvalue weighted by atomic mass is 32.2. The summed E-state index contributed by atoms with van der Waals surface area (Å²) >= 11 is 0. The van der Waals surface area contributed by atoms with Gasteiger partial charge in [-0.15, -0.1) is 0 Å². The van der Waals surface area contributed by atoms with Crippen molar-refractivity contribution in [3.05, 3.63) is 11.4 Å². The van der Waals surface area contributed by atoms with Crippen molar-refractivity contribution in [1.82, 2.24) is 15.5 Å². The lowest BCUT2D eigenvalue weighted by atomic mass is 10.2. The summed E-state index contributed by atoms with van der Waals surface area (Å²) in [5, 5.41) is 13.8. The topological polar surface area (TPSA) is 127 Å². The van der Waals surface area contributed by atoms with Gasteiger partial charge in [-0.1, -0.05) is 0 Å². The Morgan fingerprint density at radius 1 is 1.63 bits per heavy atom. The van der Waals surface area contributed by atoms with Crippen LogP contribution in [0.1, 0.15) is 29.0 Å². The van der Waals surface area contributed by atoms with Gasteiger partial charge in [-0.25, -0.2) is 13.6 Å². The van der Waals surface area contributed by atoms with Crippen LogP contribution in [0, 0.1) is 6.92 Å². The summed E-state index contributed by atoms with van der Waals surface area (Å²) < 4.78 is 28.2. The molecule has 2 heterocycles. The summed E-state index contributed by atoms with van der Waals surface area (Å²) in [6, 6.07) is 0. The Morgan fingerprint density at radius 3 is 2.95 bits per heavy atom. The molecule has 1 saturated heterocycles. The summed E-state index contributed by atoms with van der Waals surface area (Å²) in [6.07, 6.45) is 1.81. The number of hydrogen-bond acceptors (Lipinski definition) is 5. The van der Waals surface area contributed by atoms with E-state index in [1.165, 1.54) is 6.92 Å². The molecule has 19 heavy (non-hydrogen) atoms. The third kappa shape index (κ3) is 3.11. The highest BCUT2D eigenvalue weighted by Crippen LogP contribution is 2.16. The molecule has 0 aromatic carbocycles. The maximum absolute atomic E-state index is 11.9. The van der Waals surface area contributed by atoms with Crippen LogP contribution >= 0.6 is 0 Å². The zero-order valence-electron chi connectivity index (χ0n) is 10.5. The molecule has 1 aliphatic heterocycles. The number of hydrogen-bond donors (Lipinski definition) is 3. The number of rotatable bonds is 4. The van der Waals surface area contributed by atoms with Crippen molar-refractivity contribution in [2.75, 3.05) is 13.2 Å². The average molecular weight is 288 g/mol. The second-order valence-corrected chi connectivity index (χ2v) is 5.91. The number of ether oxygens (including phenoxy) is 1. The van der Waals surface area contributed by atoms with E-state index < -0.39 is 15.9 Å². The standard InChI is InChI=1S/C10H16N4O4S/c1-6-9(19(11,16)17)8(14-13-6)10(15)12-5-7-3-2-4-18-7/h7H,2-5H2,1H3,(H,12,15)(H,13,14)(H2,11,16,17). The number of carbonyl (C=O) groups excluding carboxylic acids is 1. The molecule has 0 spiro atoms. The van der Waals surface area contributed by atoms with E-state index in [1.54, 1.807) is 0 Å². The third-order valence-electron chi connectivity index (χ3n) is 2.90. The normalized spacial score (nSPS) is 19.6. The van der Waals surface area contributed by atoms with E-state index in [-0.39, 0.29) is 22.4 Å². The van der Waals surface area contributed by atoms with Crippen molar-refractivity contribution in [3.8, 4) is 0 Å². The molecule has 4 N–H and O–H groups in total. The first-order chi connectivity index (χ1) is 8.89. The zero-order chi connectivity index (χ0) is 14.0. The predicted octanol–water partition coefficient (Wildman–Crippen LogP) is -0.726. The Bertz CT molecular complexity index is 574. The maximum Gasteiger partial charge on any atom is 0.273 e. The van der Waals surface area contributed by atoms with Crippen molar-refractivity contribution < 1.29 is 17.9 Å². The molecule has 106 valence electrons. The number of nitrogens with two attached hydrogens (primary N) is 1. The van der Waals surface area contributed by atoms with E-state index in [0.29, 0.717) is 13.2 Å². The molecule has 1 aromatic heterocycles. The second-order valence-electron chi connectivity index (χ2n) is 4.42. The molecule has 0 radical (unpaired) electrons. The molecule has 1 aromatic rings. The van der Waals surface area contributed by atoms with Crippen molar-refractivity contribution >= 4 is 15.9 Å². The molecular formula is C10H16N4O4S. The van der Waals surface area contributed by atoms with Crippen molar-refractivity contribution in [1.29, 1.82) is 0 Å². The molecule has 1 aliphatic rings. The fourth-order valence-electron chi connectivity index (χ4n) is 2.02. The van der Waals surface area contributed by atoms with Gasteiger partial charge in [-0.2, -0.15) is 5.10 Å². The Balaban J connectivity index is 2.11. The third-order valence-corrected chi connectivity index (χ3v) is 3.97. The zero-order valence-corrected chi connectivity index (χ0v) is 11.3. The van der Waals surface area contributed by atoms with Gasteiger partial charge in [0.15, 0.2) is 5.69 Å². The van der Waals surface area contributed by atoms with Gasteiger partial charge in [-0.3, -0.25) is 9.89 Å². The summed E-state index contributed by atoms with van der Waals surface area (Å²) in [4.78, 5) is 11.6. The molecule has 1 unspecified atom stereocenters. The van der Waals surface area contributed by atoms with Crippen LogP contribution < -0.4 is 10.5 Å². The van der Waals surface area contributed by atoms with E-state index in [4.69, 9.17) is 9.88 Å². The quantitative estimate of drug-likeness (QED) is 0.673. The minimum atomic E-state index is -3.99. The van der Waals surface area contributed by atoms with Gasteiger partial charge >= 0.3 is 0 Å². The van der Waals surface area contributed by atoms with E-state index in [1.807, 2.05) is 0 Å². The van der Waals surface area contributed by atoms with Gasteiger partial charge < -0.3 is 10.1 Å². The van der Waals surface area contributed by atoms with Gasteiger partial charge in [0, 0.05) is 13.2 Å². The Hall–Kier alpha value is -1.45. The number of H-pyrrole nitrogens is 1. The number of aromatic nitrogens is 2. The smallest absolute Gasteiger partial charge is 0.273 e. The van der Waals surface area contributed by atoms with Gasteiger partial charge in [0.2, 0.25) is 10.0 Å². The van der Waals surface area contributed by atoms with Crippen LogP contribution in [0.4, 0.5) is 0 Å². The van der Waals surface area contributed by atoms with Crippen LogP contribution in [0.25, 0.3) is 0 Å². The number of carbonyl (C=O) groups is 1. The maximum atomic E-state index is 11.9. The van der Waals surface area contributed by atoms with E-state index in [0.717, 1.165) is 12.8 Å². The number of amides is 1. The van der Waals surface area contributed by atoms with Gasteiger partial charge in [-0.05, 0) is 19.8 Å². The lowest BCUT2D eigenvalue weighted by Crippen LogP contribution is -2.33. The number of primary sulfonamides is 1. The minimum absolute atomic E-state index is 0.0260. The van der Waals surface area contributed by atoms with Crippen LogP contribution in [0.2, 0.25) is 0 Å². The fourth-order valence-corrected chi connectivity index (χ4v) is 2.90. The molecule has 1 fully saturated rings. The highest BCUT2D eigenvalue weighted by molar-refractivity contribution is 7.89. The average Bonchev–Trinajstić information content (AvgIpc) is 2.93. The first kappa shape index (κ1) is 14.0. The van der Waals surface area contributed by atoms with Crippen molar-refractivity contribution in [2.45, 2.75) is 30.8 Å². The number of nitrogens with one attached hydrogen (secondary N) is 2. The minimum Gasteiger partial charge on any atom is -0.376 e. The van der Waals surface area contributed by atoms with E-state index >= 15 is 0 Å². The lowest BCUT2D eigenvalue weighted by Gasteiger charge is -2.10. The Morgan fingerprint density at radius 2 is 2.37 bits per heavy atom. The number of sulfonamides is 1.